The number of carbonyl (C=O) groups is 1. The lowest BCUT2D eigenvalue weighted by atomic mass is 10.2. The SMILES string of the molecule is O=C(OCc1nnc(-c2ccccc2)o1)c1cc2ccccc2s1. The van der Waals surface area contributed by atoms with E-state index >= 15 is 0 Å². The average Bonchev–Trinajstić information content (AvgIpc) is 3.27. The number of benzene rings is 2. The van der Waals surface area contributed by atoms with E-state index in [1.54, 1.807) is 0 Å². The normalized spacial score (nSPS) is 10.8. The highest BCUT2D eigenvalue weighted by molar-refractivity contribution is 7.20. The Balaban J connectivity index is 1.45. The van der Waals surface area contributed by atoms with Crippen LogP contribution >= 0.6 is 11.3 Å². The summed E-state index contributed by atoms with van der Waals surface area (Å²) >= 11 is 1.40. The topological polar surface area (TPSA) is 65.2 Å². The fraction of sp³-hybridized carbons (Fsp3) is 0.0556. The summed E-state index contributed by atoms with van der Waals surface area (Å²) in [6.45, 7) is -0.0487. The number of thiophene rings is 1. The first-order valence-corrected chi connectivity index (χ1v) is 8.15. The Bertz CT molecular complexity index is 959. The summed E-state index contributed by atoms with van der Waals surface area (Å²) in [5.74, 6) is 0.280. The zero-order chi connectivity index (χ0) is 16.4. The predicted octanol–water partition coefficient (Wildman–Crippen LogP) is 4.31. The van der Waals surface area contributed by atoms with Gasteiger partial charge in [-0.3, -0.25) is 0 Å². The molecule has 2 aromatic heterocycles. The van der Waals surface area contributed by atoms with Crippen LogP contribution in [-0.2, 0) is 11.3 Å². The Morgan fingerprint density at radius 3 is 2.67 bits per heavy atom. The quantitative estimate of drug-likeness (QED) is 0.520. The maximum atomic E-state index is 12.2. The molecule has 0 radical (unpaired) electrons. The molecule has 0 atom stereocenters. The fourth-order valence-corrected chi connectivity index (χ4v) is 3.25. The molecule has 0 fully saturated rings. The van der Waals surface area contributed by atoms with E-state index in [0.29, 0.717) is 10.8 Å². The van der Waals surface area contributed by atoms with Crippen molar-refractivity contribution in [3.63, 3.8) is 0 Å². The number of fused-ring (bicyclic) bond motifs is 1. The Morgan fingerprint density at radius 1 is 1.04 bits per heavy atom. The van der Waals surface area contributed by atoms with Crippen LogP contribution in [0.15, 0.2) is 65.1 Å². The van der Waals surface area contributed by atoms with Crippen LogP contribution < -0.4 is 0 Å². The lowest BCUT2D eigenvalue weighted by Gasteiger charge is -1.98. The van der Waals surface area contributed by atoms with Gasteiger partial charge in [-0.2, -0.15) is 0 Å². The average molecular weight is 336 g/mol. The van der Waals surface area contributed by atoms with E-state index in [1.807, 2.05) is 60.7 Å². The minimum atomic E-state index is -0.393. The summed E-state index contributed by atoms with van der Waals surface area (Å²) in [4.78, 5) is 12.7. The predicted molar refractivity (Wildman–Crippen MR) is 90.7 cm³/mol. The van der Waals surface area contributed by atoms with E-state index in [0.717, 1.165) is 15.6 Å². The van der Waals surface area contributed by atoms with E-state index in [4.69, 9.17) is 9.15 Å². The van der Waals surface area contributed by atoms with Crippen LogP contribution in [0.5, 0.6) is 0 Å². The van der Waals surface area contributed by atoms with E-state index in [-0.39, 0.29) is 12.5 Å². The van der Waals surface area contributed by atoms with Gasteiger partial charge in [0.25, 0.3) is 5.89 Å². The molecule has 24 heavy (non-hydrogen) atoms. The van der Waals surface area contributed by atoms with Crippen molar-refractivity contribution in [1.82, 2.24) is 10.2 Å². The highest BCUT2D eigenvalue weighted by Gasteiger charge is 2.14. The van der Waals surface area contributed by atoms with Crippen molar-refractivity contribution in [2.45, 2.75) is 6.61 Å². The number of carbonyl (C=O) groups excluding carboxylic acids is 1. The van der Waals surface area contributed by atoms with Crippen LogP contribution in [0.2, 0.25) is 0 Å². The van der Waals surface area contributed by atoms with Crippen molar-refractivity contribution >= 4 is 27.4 Å². The molecule has 0 aliphatic rings. The van der Waals surface area contributed by atoms with Gasteiger partial charge in [-0.05, 0) is 29.7 Å². The summed E-state index contributed by atoms with van der Waals surface area (Å²) in [6.07, 6.45) is 0. The number of hydrogen-bond donors (Lipinski definition) is 0. The molecule has 6 heteroatoms. The van der Waals surface area contributed by atoms with Gasteiger partial charge < -0.3 is 9.15 Å². The van der Waals surface area contributed by atoms with Crippen LogP contribution in [0.1, 0.15) is 15.6 Å². The third-order valence-corrected chi connectivity index (χ3v) is 4.54. The monoisotopic (exact) mass is 336 g/mol. The number of hydrogen-bond acceptors (Lipinski definition) is 6. The third kappa shape index (κ3) is 2.91. The molecule has 4 aromatic rings. The number of nitrogens with zero attached hydrogens (tertiary/aromatic N) is 2. The van der Waals surface area contributed by atoms with Crippen molar-refractivity contribution in [2.75, 3.05) is 0 Å². The van der Waals surface area contributed by atoms with Gasteiger partial charge in [0.15, 0.2) is 6.61 Å². The third-order valence-electron chi connectivity index (χ3n) is 3.44. The lowest BCUT2D eigenvalue weighted by molar-refractivity contribution is 0.0444. The molecular formula is C18H12N2O3S. The van der Waals surface area contributed by atoms with E-state index in [2.05, 4.69) is 10.2 Å². The zero-order valence-corrected chi connectivity index (χ0v) is 13.3. The molecule has 0 aliphatic carbocycles. The summed E-state index contributed by atoms with van der Waals surface area (Å²) in [7, 11) is 0. The van der Waals surface area contributed by atoms with Crippen molar-refractivity contribution in [1.29, 1.82) is 0 Å². The van der Waals surface area contributed by atoms with Gasteiger partial charge in [0, 0.05) is 10.3 Å². The van der Waals surface area contributed by atoms with Crippen LogP contribution in [0, 0.1) is 0 Å². The highest BCUT2D eigenvalue weighted by atomic mass is 32.1. The van der Waals surface area contributed by atoms with E-state index in [9.17, 15) is 4.79 Å². The molecule has 2 aromatic carbocycles. The molecule has 5 nitrogen and oxygen atoms in total. The molecule has 0 bridgehead atoms. The molecule has 4 rings (SSSR count). The molecule has 0 spiro atoms. The standard InChI is InChI=1S/C18H12N2O3S/c21-18(15-10-13-8-4-5-9-14(13)24-15)22-11-16-19-20-17(23-16)12-6-2-1-3-7-12/h1-10H,11H2. The zero-order valence-electron chi connectivity index (χ0n) is 12.5. The summed E-state index contributed by atoms with van der Waals surface area (Å²) in [6, 6.07) is 19.1. The first-order chi connectivity index (χ1) is 11.8. The van der Waals surface area contributed by atoms with Crippen LogP contribution in [0.25, 0.3) is 21.5 Å². The van der Waals surface area contributed by atoms with Crippen molar-refractivity contribution in [3.8, 4) is 11.5 Å². The van der Waals surface area contributed by atoms with Gasteiger partial charge in [-0.1, -0.05) is 36.4 Å². The number of ether oxygens (including phenoxy) is 1. The summed E-state index contributed by atoms with van der Waals surface area (Å²) in [5.41, 5.74) is 0.826. The Hall–Kier alpha value is -2.99. The van der Waals surface area contributed by atoms with Gasteiger partial charge >= 0.3 is 5.97 Å². The van der Waals surface area contributed by atoms with E-state index < -0.39 is 5.97 Å². The maximum absolute atomic E-state index is 12.2. The Labute approximate surface area is 141 Å². The molecule has 118 valence electrons. The Kier molecular flexibility index (Phi) is 3.80. The molecular weight excluding hydrogens is 324 g/mol. The van der Waals surface area contributed by atoms with Gasteiger partial charge in [-0.25, -0.2) is 4.79 Å². The minimum Gasteiger partial charge on any atom is -0.451 e. The van der Waals surface area contributed by atoms with E-state index in [1.165, 1.54) is 11.3 Å². The molecule has 0 aliphatic heterocycles. The lowest BCUT2D eigenvalue weighted by Crippen LogP contribution is -2.03. The first-order valence-electron chi connectivity index (χ1n) is 7.33. The highest BCUT2D eigenvalue weighted by Crippen LogP contribution is 2.26. The van der Waals surface area contributed by atoms with Gasteiger partial charge in [0.1, 0.15) is 4.88 Å². The largest absolute Gasteiger partial charge is 0.451 e. The van der Waals surface area contributed by atoms with Crippen molar-refractivity contribution < 1.29 is 13.9 Å². The molecule has 0 N–H and O–H groups in total. The van der Waals surface area contributed by atoms with Crippen LogP contribution in [0.4, 0.5) is 0 Å². The van der Waals surface area contributed by atoms with Gasteiger partial charge in [0.05, 0.1) is 0 Å². The van der Waals surface area contributed by atoms with Crippen molar-refractivity contribution in [3.05, 3.63) is 71.4 Å². The van der Waals surface area contributed by atoms with Crippen LogP contribution in [-0.4, -0.2) is 16.2 Å². The van der Waals surface area contributed by atoms with Gasteiger partial charge in [-0.15, -0.1) is 21.5 Å². The van der Waals surface area contributed by atoms with Crippen LogP contribution in [0.3, 0.4) is 0 Å². The molecule has 0 saturated heterocycles. The summed E-state index contributed by atoms with van der Waals surface area (Å²) < 4.78 is 11.8. The smallest absolute Gasteiger partial charge is 0.348 e. The first kappa shape index (κ1) is 14.6. The fourth-order valence-electron chi connectivity index (χ4n) is 2.29. The molecule has 0 amide bonds. The maximum Gasteiger partial charge on any atom is 0.348 e. The molecule has 0 saturated carbocycles. The summed E-state index contributed by atoms with van der Waals surface area (Å²) in [5, 5.41) is 8.90. The molecule has 2 heterocycles. The molecule has 0 unspecified atom stereocenters. The van der Waals surface area contributed by atoms with Gasteiger partial charge in [0.2, 0.25) is 5.89 Å². The number of aromatic nitrogens is 2. The Morgan fingerprint density at radius 2 is 1.83 bits per heavy atom. The second-order valence-electron chi connectivity index (χ2n) is 5.09. The second kappa shape index (κ2) is 6.25. The minimum absolute atomic E-state index is 0.0487. The number of rotatable bonds is 4. The number of esters is 1. The second-order valence-corrected chi connectivity index (χ2v) is 6.18. The van der Waals surface area contributed by atoms with Crippen molar-refractivity contribution in [2.24, 2.45) is 0 Å².